The van der Waals surface area contributed by atoms with Crippen molar-refractivity contribution in [2.45, 2.75) is 45.2 Å². The van der Waals surface area contributed by atoms with Gasteiger partial charge in [-0.05, 0) is 68.1 Å². The summed E-state index contributed by atoms with van der Waals surface area (Å²) in [4.78, 5) is 19.7. The lowest BCUT2D eigenvalue weighted by Gasteiger charge is -2.35. The van der Waals surface area contributed by atoms with Crippen LogP contribution in [0.5, 0.6) is 5.75 Å². The van der Waals surface area contributed by atoms with E-state index in [-0.39, 0.29) is 18.3 Å². The van der Waals surface area contributed by atoms with Gasteiger partial charge in [-0.15, -0.1) is 0 Å². The predicted molar refractivity (Wildman–Crippen MR) is 130 cm³/mol. The van der Waals surface area contributed by atoms with Crippen LogP contribution in [-0.4, -0.2) is 73.0 Å². The van der Waals surface area contributed by atoms with Crippen molar-refractivity contribution in [2.24, 2.45) is 0 Å². The Bertz CT molecular complexity index is 925. The number of hydrogen-bond acceptors (Lipinski definition) is 4. The van der Waals surface area contributed by atoms with Gasteiger partial charge in [0.15, 0.2) is 6.61 Å². The van der Waals surface area contributed by atoms with Crippen LogP contribution in [0.1, 0.15) is 38.2 Å². The van der Waals surface area contributed by atoms with Gasteiger partial charge in [0.25, 0.3) is 5.91 Å². The molecule has 0 saturated carbocycles. The van der Waals surface area contributed by atoms with Crippen LogP contribution >= 0.6 is 0 Å². The van der Waals surface area contributed by atoms with E-state index in [1.807, 2.05) is 17.0 Å². The standard InChI is InChI=1S/C27H36FN3O2/c1-3-25-6-4-5-13-31(25)27(32)20-33-26-12-9-22(21-7-10-24(28)11-8-21)18-23(26)19-30-16-14-29(2)15-17-30/h7-12,18,25H,3-6,13-17,19-20H2,1-2H3. The average molecular weight is 454 g/mol. The van der Waals surface area contributed by atoms with Crippen molar-refractivity contribution in [3.63, 3.8) is 0 Å². The first-order valence-electron chi connectivity index (χ1n) is 12.3. The number of ether oxygens (including phenoxy) is 1. The van der Waals surface area contributed by atoms with Gasteiger partial charge in [-0.2, -0.15) is 0 Å². The third-order valence-corrected chi connectivity index (χ3v) is 7.00. The number of hydrogen-bond donors (Lipinski definition) is 0. The van der Waals surface area contributed by atoms with Gasteiger partial charge in [-0.25, -0.2) is 4.39 Å². The van der Waals surface area contributed by atoms with Gasteiger partial charge in [-0.1, -0.05) is 25.1 Å². The molecule has 0 radical (unpaired) electrons. The van der Waals surface area contributed by atoms with Crippen LogP contribution in [0.3, 0.4) is 0 Å². The van der Waals surface area contributed by atoms with Crippen LogP contribution in [0.15, 0.2) is 42.5 Å². The Morgan fingerprint density at radius 3 is 2.45 bits per heavy atom. The summed E-state index contributed by atoms with van der Waals surface area (Å²) in [6.45, 7) is 7.91. The minimum absolute atomic E-state index is 0.0716. The highest BCUT2D eigenvalue weighted by atomic mass is 19.1. The summed E-state index contributed by atoms with van der Waals surface area (Å²) in [6, 6.07) is 13.0. The highest BCUT2D eigenvalue weighted by molar-refractivity contribution is 5.78. The quantitative estimate of drug-likeness (QED) is 0.622. The van der Waals surface area contributed by atoms with E-state index in [9.17, 15) is 9.18 Å². The normalized spacial score (nSPS) is 20.1. The van der Waals surface area contributed by atoms with E-state index < -0.39 is 0 Å². The maximum Gasteiger partial charge on any atom is 0.260 e. The third kappa shape index (κ3) is 6.12. The van der Waals surface area contributed by atoms with E-state index in [4.69, 9.17) is 4.74 Å². The Morgan fingerprint density at radius 2 is 1.73 bits per heavy atom. The van der Waals surface area contributed by atoms with Crippen LogP contribution in [0.2, 0.25) is 0 Å². The highest BCUT2D eigenvalue weighted by Crippen LogP contribution is 2.29. The Balaban J connectivity index is 1.51. The molecule has 33 heavy (non-hydrogen) atoms. The second-order valence-corrected chi connectivity index (χ2v) is 9.34. The lowest BCUT2D eigenvalue weighted by atomic mass is 10.00. The fourth-order valence-electron chi connectivity index (χ4n) is 4.89. The van der Waals surface area contributed by atoms with E-state index in [0.29, 0.717) is 6.04 Å². The van der Waals surface area contributed by atoms with Gasteiger partial charge < -0.3 is 14.5 Å². The molecule has 1 unspecified atom stereocenters. The monoisotopic (exact) mass is 453 g/mol. The molecular formula is C27H36FN3O2. The lowest BCUT2D eigenvalue weighted by Crippen LogP contribution is -2.45. The molecule has 2 heterocycles. The summed E-state index contributed by atoms with van der Waals surface area (Å²) in [5.74, 6) is 0.603. The largest absolute Gasteiger partial charge is 0.483 e. The van der Waals surface area contributed by atoms with Crippen molar-refractivity contribution in [2.75, 3.05) is 46.4 Å². The number of piperazine rings is 1. The number of amides is 1. The zero-order valence-corrected chi connectivity index (χ0v) is 19.9. The molecule has 6 heteroatoms. The third-order valence-electron chi connectivity index (χ3n) is 7.00. The molecule has 5 nitrogen and oxygen atoms in total. The van der Waals surface area contributed by atoms with Crippen molar-refractivity contribution < 1.29 is 13.9 Å². The predicted octanol–water partition coefficient (Wildman–Crippen LogP) is 4.41. The molecule has 2 fully saturated rings. The summed E-state index contributed by atoms with van der Waals surface area (Å²) in [5, 5.41) is 0. The van der Waals surface area contributed by atoms with E-state index >= 15 is 0 Å². The van der Waals surface area contributed by atoms with Gasteiger partial charge in [0.2, 0.25) is 0 Å². The Labute approximate surface area is 197 Å². The van der Waals surface area contributed by atoms with Gasteiger partial charge >= 0.3 is 0 Å². The molecule has 0 aromatic heterocycles. The molecule has 0 aliphatic carbocycles. The van der Waals surface area contributed by atoms with Crippen molar-refractivity contribution in [1.82, 2.24) is 14.7 Å². The minimum atomic E-state index is -0.238. The maximum atomic E-state index is 13.4. The molecule has 2 aliphatic heterocycles. The number of likely N-dealkylation sites (N-methyl/N-ethyl adjacent to an activating group) is 1. The molecule has 4 rings (SSSR count). The molecule has 1 amide bonds. The van der Waals surface area contributed by atoms with Crippen LogP contribution in [0.25, 0.3) is 11.1 Å². The molecule has 2 aromatic rings. The molecule has 2 saturated heterocycles. The Hall–Kier alpha value is -2.44. The second kappa shape index (κ2) is 11.1. The van der Waals surface area contributed by atoms with Crippen LogP contribution in [-0.2, 0) is 11.3 Å². The first kappa shape index (κ1) is 23.7. The number of nitrogens with zero attached hydrogens (tertiary/aromatic N) is 3. The van der Waals surface area contributed by atoms with E-state index in [1.165, 1.54) is 18.6 Å². The van der Waals surface area contributed by atoms with E-state index in [2.05, 4.69) is 29.8 Å². The number of carbonyl (C=O) groups excluding carboxylic acids is 1. The van der Waals surface area contributed by atoms with Crippen molar-refractivity contribution in [1.29, 1.82) is 0 Å². The molecule has 0 spiro atoms. The SMILES string of the molecule is CCC1CCCCN1C(=O)COc1ccc(-c2ccc(F)cc2)cc1CN1CCN(C)CC1. The average Bonchev–Trinajstić information content (AvgIpc) is 2.85. The minimum Gasteiger partial charge on any atom is -0.483 e. The number of likely N-dealkylation sites (tertiary alicyclic amines) is 1. The van der Waals surface area contributed by atoms with Crippen LogP contribution < -0.4 is 4.74 Å². The number of benzene rings is 2. The molecular weight excluding hydrogens is 417 g/mol. The molecule has 2 aliphatic rings. The van der Waals surface area contributed by atoms with Gasteiger partial charge in [-0.3, -0.25) is 9.69 Å². The van der Waals surface area contributed by atoms with Crippen LogP contribution in [0, 0.1) is 5.82 Å². The topological polar surface area (TPSA) is 36.0 Å². The fourth-order valence-corrected chi connectivity index (χ4v) is 4.89. The fraction of sp³-hybridized carbons (Fsp3) is 0.519. The van der Waals surface area contributed by atoms with E-state index in [1.54, 1.807) is 12.1 Å². The van der Waals surface area contributed by atoms with E-state index in [0.717, 1.165) is 81.0 Å². The van der Waals surface area contributed by atoms with Gasteiger partial charge in [0, 0.05) is 50.9 Å². The first-order chi connectivity index (χ1) is 16.0. The smallest absolute Gasteiger partial charge is 0.260 e. The van der Waals surface area contributed by atoms with Crippen molar-refractivity contribution in [3.8, 4) is 16.9 Å². The molecule has 2 aromatic carbocycles. The maximum absolute atomic E-state index is 13.4. The highest BCUT2D eigenvalue weighted by Gasteiger charge is 2.26. The summed E-state index contributed by atoms with van der Waals surface area (Å²) in [5.41, 5.74) is 3.07. The first-order valence-corrected chi connectivity index (χ1v) is 12.3. The molecule has 1 atom stereocenters. The lowest BCUT2D eigenvalue weighted by molar-refractivity contribution is -0.137. The second-order valence-electron chi connectivity index (χ2n) is 9.34. The van der Waals surface area contributed by atoms with Crippen molar-refractivity contribution in [3.05, 3.63) is 53.8 Å². The number of piperidine rings is 1. The summed E-state index contributed by atoms with van der Waals surface area (Å²) < 4.78 is 19.5. The Morgan fingerprint density at radius 1 is 1.00 bits per heavy atom. The zero-order valence-electron chi connectivity index (χ0n) is 19.9. The van der Waals surface area contributed by atoms with Gasteiger partial charge in [0.05, 0.1) is 0 Å². The summed E-state index contributed by atoms with van der Waals surface area (Å²) in [6.07, 6.45) is 4.35. The van der Waals surface area contributed by atoms with Crippen molar-refractivity contribution >= 4 is 5.91 Å². The molecule has 178 valence electrons. The summed E-state index contributed by atoms with van der Waals surface area (Å²) in [7, 11) is 2.15. The number of rotatable bonds is 7. The summed E-state index contributed by atoms with van der Waals surface area (Å²) >= 11 is 0. The molecule has 0 bridgehead atoms. The molecule has 0 N–H and O–H groups in total. The Kier molecular flexibility index (Phi) is 7.99. The number of carbonyl (C=O) groups is 1. The van der Waals surface area contributed by atoms with Crippen LogP contribution in [0.4, 0.5) is 4.39 Å². The number of halogens is 1. The van der Waals surface area contributed by atoms with Gasteiger partial charge in [0.1, 0.15) is 11.6 Å². The zero-order chi connectivity index (χ0) is 23.2.